The van der Waals surface area contributed by atoms with E-state index < -0.39 is 0 Å². The van der Waals surface area contributed by atoms with Crippen molar-refractivity contribution < 1.29 is 14.3 Å². The van der Waals surface area contributed by atoms with Crippen molar-refractivity contribution in [1.29, 1.82) is 0 Å². The van der Waals surface area contributed by atoms with Gasteiger partial charge in [0.1, 0.15) is 6.61 Å². The topological polar surface area (TPSA) is 62.7 Å². The zero-order valence-corrected chi connectivity index (χ0v) is 15.6. The summed E-state index contributed by atoms with van der Waals surface area (Å²) in [6, 6.07) is 2.06. The highest BCUT2D eigenvalue weighted by molar-refractivity contribution is 9.10. The zero-order valence-electron chi connectivity index (χ0n) is 14.0. The van der Waals surface area contributed by atoms with Gasteiger partial charge in [-0.1, -0.05) is 0 Å². The van der Waals surface area contributed by atoms with Gasteiger partial charge >= 0.3 is 6.09 Å². The molecular weight excluding hydrogens is 374 g/mol. The smallest absolute Gasteiger partial charge is 0.410 e. The number of carbonyl (C=O) groups excluding carboxylic acids is 2. The Morgan fingerprint density at radius 3 is 2.67 bits per heavy atom. The molecule has 2 aliphatic rings. The minimum atomic E-state index is -0.268. The summed E-state index contributed by atoms with van der Waals surface area (Å²) < 4.78 is 6.07. The maximum atomic E-state index is 12.5. The number of halogens is 1. The van der Waals surface area contributed by atoms with Crippen molar-refractivity contribution in [3.63, 3.8) is 0 Å². The van der Waals surface area contributed by atoms with Crippen LogP contribution in [0.25, 0.3) is 0 Å². The molecule has 6 nitrogen and oxygen atoms in total. The van der Waals surface area contributed by atoms with Crippen molar-refractivity contribution in [3.05, 3.63) is 28.5 Å². The SMILES string of the molecule is CC1(C)COC(=O)N1C1CCN(C(=O)Cc2cncc(Br)c2)CC1. The highest BCUT2D eigenvalue weighted by Gasteiger charge is 2.44. The monoisotopic (exact) mass is 395 g/mol. The van der Waals surface area contributed by atoms with Crippen molar-refractivity contribution in [2.45, 2.75) is 44.7 Å². The van der Waals surface area contributed by atoms with E-state index in [1.807, 2.05) is 29.7 Å². The van der Waals surface area contributed by atoms with Crippen LogP contribution in [0.3, 0.4) is 0 Å². The normalized spacial score (nSPS) is 21.0. The van der Waals surface area contributed by atoms with Crippen molar-refractivity contribution in [2.24, 2.45) is 0 Å². The number of likely N-dealkylation sites (tertiary alicyclic amines) is 1. The Labute approximate surface area is 150 Å². The Morgan fingerprint density at radius 2 is 2.08 bits per heavy atom. The van der Waals surface area contributed by atoms with Crippen LogP contribution in [0.5, 0.6) is 0 Å². The number of rotatable bonds is 3. The lowest BCUT2D eigenvalue weighted by atomic mass is 9.97. The molecule has 2 aliphatic heterocycles. The van der Waals surface area contributed by atoms with Crippen molar-refractivity contribution in [3.8, 4) is 0 Å². The molecular formula is C17H22BrN3O3. The molecule has 0 N–H and O–H groups in total. The third-order valence-electron chi connectivity index (χ3n) is 4.70. The first-order chi connectivity index (χ1) is 11.4. The summed E-state index contributed by atoms with van der Waals surface area (Å²) in [6.07, 6.45) is 5.13. The number of nitrogens with zero attached hydrogens (tertiary/aromatic N) is 3. The lowest BCUT2D eigenvalue weighted by Gasteiger charge is -2.40. The molecule has 0 spiro atoms. The molecule has 0 saturated carbocycles. The fourth-order valence-corrected chi connectivity index (χ4v) is 3.89. The molecule has 0 unspecified atom stereocenters. The van der Waals surface area contributed by atoms with E-state index in [9.17, 15) is 9.59 Å². The average Bonchev–Trinajstić information content (AvgIpc) is 2.81. The average molecular weight is 396 g/mol. The summed E-state index contributed by atoms with van der Waals surface area (Å²) in [7, 11) is 0. The van der Waals surface area contributed by atoms with Gasteiger partial charge in [-0.15, -0.1) is 0 Å². The number of carbonyl (C=O) groups is 2. The first-order valence-electron chi connectivity index (χ1n) is 8.20. The Bertz CT molecular complexity index is 642. The summed E-state index contributed by atoms with van der Waals surface area (Å²) in [5.74, 6) is 0.108. The van der Waals surface area contributed by atoms with E-state index in [1.165, 1.54) is 0 Å². The van der Waals surface area contributed by atoms with Gasteiger partial charge in [0.2, 0.25) is 5.91 Å². The van der Waals surface area contributed by atoms with E-state index in [0.717, 1.165) is 22.9 Å². The van der Waals surface area contributed by atoms with Crippen LogP contribution in [0.2, 0.25) is 0 Å². The number of hydrogen-bond donors (Lipinski definition) is 0. The van der Waals surface area contributed by atoms with Crippen LogP contribution in [-0.2, 0) is 16.0 Å². The second kappa shape index (κ2) is 6.70. The first kappa shape index (κ1) is 17.2. The maximum absolute atomic E-state index is 12.5. The Balaban J connectivity index is 1.57. The molecule has 3 rings (SSSR count). The Kier molecular flexibility index (Phi) is 4.80. The van der Waals surface area contributed by atoms with Gasteiger partial charge in [0.15, 0.2) is 0 Å². The number of pyridine rings is 1. The molecule has 1 aromatic rings. The molecule has 7 heteroatoms. The molecule has 2 fully saturated rings. The predicted octanol–water partition coefficient (Wildman–Crippen LogP) is 2.61. The van der Waals surface area contributed by atoms with Gasteiger partial charge in [0.05, 0.1) is 12.0 Å². The molecule has 0 bridgehead atoms. The van der Waals surface area contributed by atoms with E-state index in [-0.39, 0.29) is 23.6 Å². The summed E-state index contributed by atoms with van der Waals surface area (Å²) in [5, 5.41) is 0. The second-order valence-electron chi connectivity index (χ2n) is 7.04. The number of ether oxygens (including phenoxy) is 1. The van der Waals surface area contributed by atoms with Gasteiger partial charge in [0.25, 0.3) is 0 Å². The van der Waals surface area contributed by atoms with Gasteiger partial charge in [0, 0.05) is 36.0 Å². The summed E-state index contributed by atoms with van der Waals surface area (Å²) >= 11 is 3.37. The number of aromatic nitrogens is 1. The highest BCUT2D eigenvalue weighted by atomic mass is 79.9. The molecule has 2 amide bonds. The number of amides is 2. The Hall–Kier alpha value is -1.63. The van der Waals surface area contributed by atoms with Crippen LogP contribution in [-0.4, -0.2) is 58.1 Å². The molecule has 24 heavy (non-hydrogen) atoms. The second-order valence-corrected chi connectivity index (χ2v) is 7.95. The maximum Gasteiger partial charge on any atom is 0.410 e. The van der Waals surface area contributed by atoms with Crippen LogP contribution < -0.4 is 0 Å². The van der Waals surface area contributed by atoms with E-state index in [0.29, 0.717) is 26.1 Å². The molecule has 0 radical (unpaired) electrons. The number of piperidine rings is 1. The predicted molar refractivity (Wildman–Crippen MR) is 92.5 cm³/mol. The molecule has 2 saturated heterocycles. The van der Waals surface area contributed by atoms with Gasteiger partial charge in [-0.2, -0.15) is 0 Å². The standard InChI is InChI=1S/C17H22BrN3O3/c1-17(2)11-24-16(23)21(17)14-3-5-20(6-4-14)15(22)8-12-7-13(18)10-19-9-12/h7,9-10,14H,3-6,8,11H2,1-2H3. The minimum Gasteiger partial charge on any atom is -0.447 e. The van der Waals surface area contributed by atoms with Crippen LogP contribution in [0.1, 0.15) is 32.3 Å². The van der Waals surface area contributed by atoms with Crippen LogP contribution in [0.15, 0.2) is 22.9 Å². The van der Waals surface area contributed by atoms with Crippen LogP contribution in [0, 0.1) is 0 Å². The molecule has 0 atom stereocenters. The molecule has 0 aromatic carbocycles. The van der Waals surface area contributed by atoms with Crippen LogP contribution in [0.4, 0.5) is 4.79 Å². The summed E-state index contributed by atoms with van der Waals surface area (Å²) in [6.45, 7) is 5.82. The van der Waals surface area contributed by atoms with Crippen molar-refractivity contribution in [2.75, 3.05) is 19.7 Å². The number of cyclic esters (lactones) is 1. The fraction of sp³-hybridized carbons (Fsp3) is 0.588. The minimum absolute atomic E-state index is 0.108. The molecule has 130 valence electrons. The summed E-state index contributed by atoms with van der Waals surface area (Å²) in [4.78, 5) is 32.3. The fourth-order valence-electron chi connectivity index (χ4n) is 3.48. The van der Waals surface area contributed by atoms with Gasteiger partial charge < -0.3 is 9.64 Å². The van der Waals surface area contributed by atoms with Crippen LogP contribution >= 0.6 is 15.9 Å². The molecule has 3 heterocycles. The Morgan fingerprint density at radius 1 is 1.38 bits per heavy atom. The first-order valence-corrected chi connectivity index (χ1v) is 8.99. The zero-order chi connectivity index (χ0) is 17.3. The molecule has 1 aromatic heterocycles. The largest absolute Gasteiger partial charge is 0.447 e. The third kappa shape index (κ3) is 3.55. The van der Waals surface area contributed by atoms with E-state index in [2.05, 4.69) is 20.9 Å². The van der Waals surface area contributed by atoms with Gasteiger partial charge in [-0.05, 0) is 54.2 Å². The third-order valence-corrected chi connectivity index (χ3v) is 5.13. The van der Waals surface area contributed by atoms with Crippen molar-refractivity contribution in [1.82, 2.24) is 14.8 Å². The van der Waals surface area contributed by atoms with E-state index in [1.54, 1.807) is 12.4 Å². The number of hydrogen-bond acceptors (Lipinski definition) is 4. The lowest BCUT2D eigenvalue weighted by molar-refractivity contribution is -0.132. The van der Waals surface area contributed by atoms with E-state index >= 15 is 0 Å². The van der Waals surface area contributed by atoms with Crippen molar-refractivity contribution >= 4 is 27.9 Å². The summed E-state index contributed by atoms with van der Waals surface area (Å²) in [5.41, 5.74) is 0.636. The van der Waals surface area contributed by atoms with Gasteiger partial charge in [-0.25, -0.2) is 4.79 Å². The van der Waals surface area contributed by atoms with E-state index in [4.69, 9.17) is 4.74 Å². The highest BCUT2D eigenvalue weighted by Crippen LogP contribution is 2.30. The van der Waals surface area contributed by atoms with Gasteiger partial charge in [-0.3, -0.25) is 14.7 Å². The quantitative estimate of drug-likeness (QED) is 0.788. The lowest BCUT2D eigenvalue weighted by Crippen LogP contribution is -2.53. The molecule has 0 aliphatic carbocycles.